The van der Waals surface area contributed by atoms with E-state index in [4.69, 9.17) is 4.74 Å². The van der Waals surface area contributed by atoms with Crippen molar-refractivity contribution in [1.82, 2.24) is 4.90 Å². The second kappa shape index (κ2) is 9.61. The van der Waals surface area contributed by atoms with Crippen LogP contribution < -0.4 is 4.74 Å². The Morgan fingerprint density at radius 1 is 1.00 bits per heavy atom. The average Bonchev–Trinajstić information content (AvgIpc) is 2.66. The van der Waals surface area contributed by atoms with E-state index in [1.165, 1.54) is 7.11 Å². The van der Waals surface area contributed by atoms with Gasteiger partial charge in [-0.2, -0.15) is 0 Å². The molecule has 0 aromatic heterocycles. The van der Waals surface area contributed by atoms with E-state index in [-0.39, 0.29) is 31.4 Å². The van der Waals surface area contributed by atoms with E-state index in [0.29, 0.717) is 12.3 Å². The molecule has 2 rings (SSSR count). The molecule has 0 N–H and O–H groups in total. The lowest BCUT2D eigenvalue weighted by Crippen LogP contribution is -2.36. The molecule has 0 spiro atoms. The number of esters is 1. The molecule has 0 fully saturated rings. The molecule has 2 aromatic carbocycles. The maximum atomic E-state index is 12.7. The first-order valence-corrected chi connectivity index (χ1v) is 8.58. The number of hydrogen-bond acceptors (Lipinski definition) is 4. The van der Waals surface area contributed by atoms with Gasteiger partial charge in [0.05, 0.1) is 13.5 Å². The predicted molar refractivity (Wildman–Crippen MR) is 99.9 cm³/mol. The summed E-state index contributed by atoms with van der Waals surface area (Å²) < 4.78 is 10.4. The molecule has 1 amide bonds. The number of carbonyl (C=O) groups is 2. The fourth-order valence-corrected chi connectivity index (χ4v) is 2.54. The van der Waals surface area contributed by atoms with Crippen LogP contribution in [-0.4, -0.2) is 37.0 Å². The molecule has 0 aliphatic rings. The normalized spacial score (nSPS) is 10.3. The molecule has 0 aliphatic carbocycles. The molecule has 138 valence electrons. The lowest BCUT2D eigenvalue weighted by Gasteiger charge is -2.23. The van der Waals surface area contributed by atoms with Crippen LogP contribution in [0.25, 0.3) is 0 Å². The SMILES string of the molecule is COC(=O)CCN(Cc1ccccc1)C(=O)COc1cccc(C)c1C. The van der Waals surface area contributed by atoms with Gasteiger partial charge in [0.2, 0.25) is 0 Å². The summed E-state index contributed by atoms with van der Waals surface area (Å²) in [6.07, 6.45) is 0.151. The second-order valence-corrected chi connectivity index (χ2v) is 6.11. The molecule has 26 heavy (non-hydrogen) atoms. The largest absolute Gasteiger partial charge is 0.483 e. The predicted octanol–water partition coefficient (Wildman–Crippen LogP) is 3.27. The van der Waals surface area contributed by atoms with Gasteiger partial charge in [0, 0.05) is 13.1 Å². The van der Waals surface area contributed by atoms with Crippen LogP contribution in [0.2, 0.25) is 0 Å². The molecule has 0 saturated heterocycles. The van der Waals surface area contributed by atoms with Crippen molar-refractivity contribution in [2.24, 2.45) is 0 Å². The van der Waals surface area contributed by atoms with Crippen molar-refractivity contribution < 1.29 is 19.1 Å². The van der Waals surface area contributed by atoms with Gasteiger partial charge in [-0.1, -0.05) is 42.5 Å². The van der Waals surface area contributed by atoms with Crippen molar-refractivity contribution in [3.8, 4) is 5.75 Å². The van der Waals surface area contributed by atoms with E-state index in [2.05, 4.69) is 4.74 Å². The van der Waals surface area contributed by atoms with Crippen molar-refractivity contribution in [3.63, 3.8) is 0 Å². The number of rotatable bonds is 8. The minimum atomic E-state index is -0.341. The number of methoxy groups -OCH3 is 1. The van der Waals surface area contributed by atoms with Crippen LogP contribution in [-0.2, 0) is 20.9 Å². The molecule has 0 heterocycles. The maximum Gasteiger partial charge on any atom is 0.307 e. The summed E-state index contributed by atoms with van der Waals surface area (Å²) >= 11 is 0. The zero-order chi connectivity index (χ0) is 18.9. The van der Waals surface area contributed by atoms with Gasteiger partial charge in [-0.3, -0.25) is 9.59 Å². The van der Waals surface area contributed by atoms with Gasteiger partial charge in [-0.25, -0.2) is 0 Å². The number of amides is 1. The van der Waals surface area contributed by atoms with Gasteiger partial charge in [0.15, 0.2) is 6.61 Å². The van der Waals surface area contributed by atoms with Crippen LogP contribution in [0, 0.1) is 13.8 Å². The molecule has 5 heteroatoms. The molecule has 0 radical (unpaired) electrons. The lowest BCUT2D eigenvalue weighted by molar-refractivity contribution is -0.142. The molecule has 2 aromatic rings. The van der Waals surface area contributed by atoms with Gasteiger partial charge in [-0.15, -0.1) is 0 Å². The quantitative estimate of drug-likeness (QED) is 0.682. The number of ether oxygens (including phenoxy) is 2. The van der Waals surface area contributed by atoms with Crippen molar-refractivity contribution in [2.75, 3.05) is 20.3 Å². The monoisotopic (exact) mass is 355 g/mol. The highest BCUT2D eigenvalue weighted by Gasteiger charge is 2.17. The Morgan fingerprint density at radius 2 is 1.73 bits per heavy atom. The fourth-order valence-electron chi connectivity index (χ4n) is 2.54. The van der Waals surface area contributed by atoms with E-state index in [9.17, 15) is 9.59 Å². The molecular formula is C21H25NO4. The second-order valence-electron chi connectivity index (χ2n) is 6.11. The van der Waals surface area contributed by atoms with Crippen LogP contribution >= 0.6 is 0 Å². The van der Waals surface area contributed by atoms with Gasteiger partial charge >= 0.3 is 5.97 Å². The Kier molecular flexibility index (Phi) is 7.21. The highest BCUT2D eigenvalue weighted by Crippen LogP contribution is 2.20. The maximum absolute atomic E-state index is 12.7. The minimum absolute atomic E-state index is 0.0711. The lowest BCUT2D eigenvalue weighted by atomic mass is 10.1. The summed E-state index contributed by atoms with van der Waals surface area (Å²) in [5, 5.41) is 0. The third-order valence-corrected chi connectivity index (χ3v) is 4.29. The van der Waals surface area contributed by atoms with Gasteiger partial charge in [0.25, 0.3) is 5.91 Å². The van der Waals surface area contributed by atoms with Gasteiger partial charge in [0.1, 0.15) is 5.75 Å². The number of aryl methyl sites for hydroxylation is 1. The summed E-state index contributed by atoms with van der Waals surface area (Å²) in [6, 6.07) is 15.4. The van der Waals surface area contributed by atoms with Crippen LogP contribution in [0.5, 0.6) is 5.75 Å². The summed E-state index contributed by atoms with van der Waals surface area (Å²) in [7, 11) is 1.34. The van der Waals surface area contributed by atoms with Gasteiger partial charge in [-0.05, 0) is 36.6 Å². The van der Waals surface area contributed by atoms with Crippen molar-refractivity contribution in [2.45, 2.75) is 26.8 Å². The first-order valence-electron chi connectivity index (χ1n) is 8.58. The third kappa shape index (κ3) is 5.62. The Morgan fingerprint density at radius 3 is 2.42 bits per heavy atom. The third-order valence-electron chi connectivity index (χ3n) is 4.29. The molecule has 0 atom stereocenters. The van der Waals surface area contributed by atoms with E-state index in [0.717, 1.165) is 16.7 Å². The van der Waals surface area contributed by atoms with Gasteiger partial charge < -0.3 is 14.4 Å². The number of carbonyl (C=O) groups excluding carboxylic acids is 2. The van der Waals surface area contributed by atoms with Crippen LogP contribution in [0.4, 0.5) is 0 Å². The number of nitrogens with zero attached hydrogens (tertiary/aromatic N) is 1. The van der Waals surface area contributed by atoms with E-state index < -0.39 is 0 Å². The first-order chi connectivity index (χ1) is 12.5. The smallest absolute Gasteiger partial charge is 0.307 e. The van der Waals surface area contributed by atoms with Crippen LogP contribution in [0.1, 0.15) is 23.1 Å². The standard InChI is InChI=1S/C21H25NO4/c1-16-8-7-11-19(17(16)2)26-15-20(23)22(13-12-21(24)25-3)14-18-9-5-4-6-10-18/h4-11H,12-15H2,1-3H3. The zero-order valence-electron chi connectivity index (χ0n) is 15.5. The zero-order valence-corrected chi connectivity index (χ0v) is 15.5. The molecule has 0 saturated carbocycles. The molecule has 0 aliphatic heterocycles. The number of hydrogen-bond donors (Lipinski definition) is 0. The topological polar surface area (TPSA) is 55.8 Å². The van der Waals surface area contributed by atoms with Crippen molar-refractivity contribution in [3.05, 3.63) is 65.2 Å². The fraction of sp³-hybridized carbons (Fsp3) is 0.333. The summed E-state index contributed by atoms with van der Waals surface area (Å²) in [4.78, 5) is 25.8. The molecule has 5 nitrogen and oxygen atoms in total. The molecular weight excluding hydrogens is 330 g/mol. The summed E-state index contributed by atoms with van der Waals surface area (Å²) in [6.45, 7) is 4.61. The van der Waals surface area contributed by atoms with Crippen molar-refractivity contribution in [1.29, 1.82) is 0 Å². The summed E-state index contributed by atoms with van der Waals surface area (Å²) in [5.41, 5.74) is 3.13. The average molecular weight is 355 g/mol. The highest BCUT2D eigenvalue weighted by atomic mass is 16.5. The molecule has 0 unspecified atom stereocenters. The number of benzene rings is 2. The molecule has 0 bridgehead atoms. The van der Waals surface area contributed by atoms with E-state index in [1.54, 1.807) is 4.90 Å². The van der Waals surface area contributed by atoms with E-state index >= 15 is 0 Å². The minimum Gasteiger partial charge on any atom is -0.483 e. The summed E-state index contributed by atoms with van der Waals surface area (Å²) in [5.74, 6) is 0.191. The highest BCUT2D eigenvalue weighted by molar-refractivity contribution is 5.78. The Bertz CT molecular complexity index is 743. The van der Waals surface area contributed by atoms with Crippen LogP contribution in [0.3, 0.4) is 0 Å². The first kappa shape index (κ1) is 19.5. The Hall–Kier alpha value is -2.82. The van der Waals surface area contributed by atoms with Crippen LogP contribution in [0.15, 0.2) is 48.5 Å². The van der Waals surface area contributed by atoms with E-state index in [1.807, 2.05) is 62.4 Å². The Balaban J connectivity index is 2.03. The Labute approximate surface area is 154 Å². The van der Waals surface area contributed by atoms with Crippen molar-refractivity contribution >= 4 is 11.9 Å².